The Morgan fingerprint density at radius 3 is 3.08 bits per heavy atom. The molecule has 0 aliphatic rings. The standard InChI is InChI=1S/C8H10N4/c1-6-5-12-8(10-6)3-2-7(4-9)11-12/h2-3,5H,4,9H2,1H3. The molecule has 2 N–H and O–H groups in total. The number of nitrogens with zero attached hydrogens (tertiary/aromatic N) is 3. The quantitative estimate of drug-likeness (QED) is 0.664. The Morgan fingerprint density at radius 1 is 1.50 bits per heavy atom. The molecule has 0 atom stereocenters. The van der Waals surface area contributed by atoms with E-state index in [4.69, 9.17) is 5.73 Å². The molecule has 0 bridgehead atoms. The predicted molar refractivity (Wildman–Crippen MR) is 45.6 cm³/mol. The number of fused-ring (bicyclic) bond motifs is 1. The lowest BCUT2D eigenvalue weighted by molar-refractivity contribution is 0.848. The molecule has 0 saturated carbocycles. The van der Waals surface area contributed by atoms with E-state index in [1.54, 1.807) is 4.52 Å². The van der Waals surface area contributed by atoms with Crippen LogP contribution in [0.1, 0.15) is 11.4 Å². The average molecular weight is 162 g/mol. The van der Waals surface area contributed by atoms with Crippen molar-refractivity contribution in [2.24, 2.45) is 5.73 Å². The highest BCUT2D eigenvalue weighted by molar-refractivity contribution is 5.38. The molecule has 0 aliphatic carbocycles. The topological polar surface area (TPSA) is 56.2 Å². The fraction of sp³-hybridized carbons (Fsp3) is 0.250. The zero-order chi connectivity index (χ0) is 8.55. The minimum absolute atomic E-state index is 0.465. The smallest absolute Gasteiger partial charge is 0.153 e. The minimum Gasteiger partial charge on any atom is -0.325 e. The number of hydrogen-bond donors (Lipinski definition) is 1. The number of hydrogen-bond acceptors (Lipinski definition) is 3. The number of imidazole rings is 1. The van der Waals surface area contributed by atoms with Crippen molar-refractivity contribution in [3.8, 4) is 0 Å². The van der Waals surface area contributed by atoms with Gasteiger partial charge in [0.1, 0.15) is 0 Å². The van der Waals surface area contributed by atoms with Gasteiger partial charge in [-0.1, -0.05) is 0 Å². The van der Waals surface area contributed by atoms with E-state index >= 15 is 0 Å². The summed E-state index contributed by atoms with van der Waals surface area (Å²) in [6.07, 6.45) is 1.88. The van der Waals surface area contributed by atoms with Crippen molar-refractivity contribution in [3.05, 3.63) is 29.7 Å². The van der Waals surface area contributed by atoms with E-state index in [0.29, 0.717) is 6.54 Å². The van der Waals surface area contributed by atoms with E-state index in [9.17, 15) is 0 Å². The molecule has 2 aromatic rings. The van der Waals surface area contributed by atoms with Crippen LogP contribution in [0.5, 0.6) is 0 Å². The maximum Gasteiger partial charge on any atom is 0.153 e. The van der Waals surface area contributed by atoms with Crippen molar-refractivity contribution in [1.29, 1.82) is 0 Å². The Bertz CT molecular complexity index is 404. The van der Waals surface area contributed by atoms with Crippen LogP contribution in [-0.4, -0.2) is 14.6 Å². The average Bonchev–Trinajstić information content (AvgIpc) is 2.43. The summed E-state index contributed by atoms with van der Waals surface area (Å²) < 4.78 is 1.75. The van der Waals surface area contributed by atoms with E-state index in [-0.39, 0.29) is 0 Å². The number of aromatic nitrogens is 3. The van der Waals surface area contributed by atoms with Crippen LogP contribution in [0.15, 0.2) is 18.3 Å². The number of rotatable bonds is 1. The molecule has 0 saturated heterocycles. The normalized spacial score (nSPS) is 10.8. The van der Waals surface area contributed by atoms with Gasteiger partial charge in [-0.2, -0.15) is 5.10 Å². The predicted octanol–water partition coefficient (Wildman–Crippen LogP) is 0.496. The van der Waals surface area contributed by atoms with Crippen LogP contribution in [-0.2, 0) is 6.54 Å². The first-order valence-corrected chi connectivity index (χ1v) is 3.81. The van der Waals surface area contributed by atoms with Crippen molar-refractivity contribution in [1.82, 2.24) is 14.6 Å². The summed E-state index contributed by atoms with van der Waals surface area (Å²) in [6.45, 7) is 2.41. The van der Waals surface area contributed by atoms with Gasteiger partial charge in [0.05, 0.1) is 17.6 Å². The number of aryl methyl sites for hydroxylation is 1. The third-order valence-corrected chi connectivity index (χ3v) is 1.70. The van der Waals surface area contributed by atoms with Crippen LogP contribution in [0.4, 0.5) is 0 Å². The van der Waals surface area contributed by atoms with Crippen molar-refractivity contribution in [3.63, 3.8) is 0 Å². The fourth-order valence-electron chi connectivity index (χ4n) is 1.15. The lowest BCUT2D eigenvalue weighted by Gasteiger charge is -1.95. The molecule has 2 heterocycles. The second-order valence-corrected chi connectivity index (χ2v) is 2.71. The van der Waals surface area contributed by atoms with Crippen LogP contribution in [0.2, 0.25) is 0 Å². The van der Waals surface area contributed by atoms with Crippen LogP contribution in [0.3, 0.4) is 0 Å². The van der Waals surface area contributed by atoms with Gasteiger partial charge < -0.3 is 5.73 Å². The summed E-state index contributed by atoms with van der Waals surface area (Å²) in [5.74, 6) is 0. The molecule has 62 valence electrons. The Labute approximate surface area is 70.0 Å². The molecule has 4 nitrogen and oxygen atoms in total. The molecule has 2 rings (SSSR count). The van der Waals surface area contributed by atoms with Crippen molar-refractivity contribution in [2.75, 3.05) is 0 Å². The van der Waals surface area contributed by atoms with E-state index in [2.05, 4.69) is 10.1 Å². The van der Waals surface area contributed by atoms with Crippen molar-refractivity contribution in [2.45, 2.75) is 13.5 Å². The zero-order valence-corrected chi connectivity index (χ0v) is 6.86. The monoisotopic (exact) mass is 162 g/mol. The summed E-state index contributed by atoms with van der Waals surface area (Å²) in [7, 11) is 0. The van der Waals surface area contributed by atoms with Crippen LogP contribution in [0.25, 0.3) is 5.65 Å². The van der Waals surface area contributed by atoms with Crippen LogP contribution >= 0.6 is 0 Å². The summed E-state index contributed by atoms with van der Waals surface area (Å²) in [5.41, 5.74) is 8.16. The first-order chi connectivity index (χ1) is 5.79. The SMILES string of the molecule is Cc1cn2nc(CN)ccc2n1. The van der Waals surface area contributed by atoms with Gasteiger partial charge in [0.25, 0.3) is 0 Å². The summed E-state index contributed by atoms with van der Waals surface area (Å²) in [5, 5.41) is 4.24. The maximum absolute atomic E-state index is 5.45. The van der Waals surface area contributed by atoms with Crippen molar-refractivity contribution >= 4 is 5.65 Å². The van der Waals surface area contributed by atoms with Gasteiger partial charge >= 0.3 is 0 Å². The third-order valence-electron chi connectivity index (χ3n) is 1.70. The lowest BCUT2D eigenvalue weighted by atomic mass is 10.4. The zero-order valence-electron chi connectivity index (χ0n) is 6.86. The maximum atomic E-state index is 5.45. The highest BCUT2D eigenvalue weighted by Gasteiger charge is 1.98. The highest BCUT2D eigenvalue weighted by Crippen LogP contribution is 2.02. The molecule has 0 radical (unpaired) electrons. The van der Waals surface area contributed by atoms with Gasteiger partial charge in [0, 0.05) is 6.54 Å². The summed E-state index contributed by atoms with van der Waals surface area (Å²) in [6, 6.07) is 3.81. The Morgan fingerprint density at radius 2 is 2.33 bits per heavy atom. The Balaban J connectivity index is 2.66. The summed E-state index contributed by atoms with van der Waals surface area (Å²) >= 11 is 0. The van der Waals surface area contributed by atoms with E-state index in [0.717, 1.165) is 17.0 Å². The fourth-order valence-corrected chi connectivity index (χ4v) is 1.15. The summed E-state index contributed by atoms with van der Waals surface area (Å²) in [4.78, 5) is 4.25. The molecule has 0 unspecified atom stereocenters. The van der Waals surface area contributed by atoms with Crippen LogP contribution < -0.4 is 5.73 Å². The molecule has 0 aliphatic heterocycles. The van der Waals surface area contributed by atoms with E-state index in [1.807, 2.05) is 25.3 Å². The van der Waals surface area contributed by atoms with Gasteiger partial charge in [-0.3, -0.25) is 0 Å². The molecule has 0 fully saturated rings. The molecule has 0 spiro atoms. The van der Waals surface area contributed by atoms with Crippen molar-refractivity contribution < 1.29 is 0 Å². The second-order valence-electron chi connectivity index (χ2n) is 2.71. The highest BCUT2D eigenvalue weighted by atomic mass is 15.2. The van der Waals surface area contributed by atoms with Crippen LogP contribution in [0, 0.1) is 6.92 Å². The van der Waals surface area contributed by atoms with E-state index < -0.39 is 0 Å². The molecule has 0 aromatic carbocycles. The van der Waals surface area contributed by atoms with Gasteiger partial charge in [-0.25, -0.2) is 9.50 Å². The first-order valence-electron chi connectivity index (χ1n) is 3.81. The number of nitrogens with two attached hydrogens (primary N) is 1. The van der Waals surface area contributed by atoms with Gasteiger partial charge in [0.2, 0.25) is 0 Å². The lowest BCUT2D eigenvalue weighted by Crippen LogP contribution is -2.02. The van der Waals surface area contributed by atoms with Gasteiger partial charge in [-0.05, 0) is 19.1 Å². The van der Waals surface area contributed by atoms with Gasteiger partial charge in [0.15, 0.2) is 5.65 Å². The van der Waals surface area contributed by atoms with Gasteiger partial charge in [-0.15, -0.1) is 0 Å². The Kier molecular flexibility index (Phi) is 1.55. The molecule has 0 amide bonds. The van der Waals surface area contributed by atoms with E-state index in [1.165, 1.54) is 0 Å². The Hall–Kier alpha value is -1.42. The molecular weight excluding hydrogens is 152 g/mol. The third kappa shape index (κ3) is 1.06. The molecule has 12 heavy (non-hydrogen) atoms. The molecule has 4 heteroatoms. The second kappa shape index (κ2) is 2.57. The minimum atomic E-state index is 0.465. The molecular formula is C8H10N4. The first kappa shape index (κ1) is 7.24. The molecule has 2 aromatic heterocycles. The largest absolute Gasteiger partial charge is 0.325 e.